The lowest BCUT2D eigenvalue weighted by Gasteiger charge is -2.40. The molecule has 2 N–H and O–H groups in total. The molecule has 0 bridgehead atoms. The quantitative estimate of drug-likeness (QED) is 0.884. The Labute approximate surface area is 111 Å². The summed E-state index contributed by atoms with van der Waals surface area (Å²) in [7, 11) is 0. The normalized spacial score (nSPS) is 32.2. The maximum atomic E-state index is 6.67. The van der Waals surface area contributed by atoms with Gasteiger partial charge in [0, 0.05) is 5.54 Å². The number of hydrogen-bond donors (Lipinski definition) is 1. The van der Waals surface area contributed by atoms with E-state index in [1.54, 1.807) is 0 Å². The number of hydrogen-bond acceptors (Lipinski definition) is 2. The van der Waals surface area contributed by atoms with Crippen LogP contribution in [0.1, 0.15) is 45.6 Å². The van der Waals surface area contributed by atoms with Gasteiger partial charge in [0.25, 0.3) is 0 Å². The second-order valence-corrected chi connectivity index (χ2v) is 5.97. The molecular weight excluding hydrogens is 222 g/mol. The minimum Gasteiger partial charge on any atom is -0.494 e. The van der Waals surface area contributed by atoms with Crippen molar-refractivity contribution in [2.75, 3.05) is 6.61 Å². The van der Waals surface area contributed by atoms with Crippen LogP contribution in [0.5, 0.6) is 5.75 Å². The molecule has 0 radical (unpaired) electrons. The fourth-order valence-electron chi connectivity index (χ4n) is 3.48. The molecule has 0 amide bonds. The summed E-state index contributed by atoms with van der Waals surface area (Å²) in [6, 6.07) is 8.33. The van der Waals surface area contributed by atoms with Crippen LogP contribution in [0.3, 0.4) is 0 Å². The van der Waals surface area contributed by atoms with Crippen LogP contribution in [0.2, 0.25) is 0 Å². The van der Waals surface area contributed by atoms with E-state index < -0.39 is 0 Å². The van der Waals surface area contributed by atoms with Crippen LogP contribution in [0.15, 0.2) is 24.3 Å². The lowest BCUT2D eigenvalue weighted by molar-refractivity contribution is 0.183. The van der Waals surface area contributed by atoms with E-state index in [2.05, 4.69) is 32.0 Å². The van der Waals surface area contributed by atoms with E-state index in [-0.39, 0.29) is 5.54 Å². The molecule has 2 atom stereocenters. The van der Waals surface area contributed by atoms with E-state index in [4.69, 9.17) is 10.5 Å². The SMILES string of the molecule is CCOc1cccc(C2(N)CC(C)CC(C)C2)c1. The molecule has 0 aliphatic heterocycles. The van der Waals surface area contributed by atoms with Gasteiger partial charge in [0.05, 0.1) is 6.61 Å². The van der Waals surface area contributed by atoms with E-state index in [0.717, 1.165) is 18.6 Å². The highest BCUT2D eigenvalue weighted by atomic mass is 16.5. The van der Waals surface area contributed by atoms with E-state index in [1.165, 1.54) is 12.0 Å². The molecule has 18 heavy (non-hydrogen) atoms. The van der Waals surface area contributed by atoms with Crippen LogP contribution < -0.4 is 10.5 Å². The van der Waals surface area contributed by atoms with Crippen molar-refractivity contribution in [2.45, 2.75) is 45.6 Å². The fourth-order valence-corrected chi connectivity index (χ4v) is 3.48. The molecule has 2 unspecified atom stereocenters. The van der Waals surface area contributed by atoms with Gasteiger partial charge in [-0.15, -0.1) is 0 Å². The molecule has 1 aliphatic carbocycles. The smallest absolute Gasteiger partial charge is 0.119 e. The van der Waals surface area contributed by atoms with Gasteiger partial charge in [-0.25, -0.2) is 0 Å². The first-order chi connectivity index (χ1) is 8.53. The number of rotatable bonds is 3. The zero-order valence-corrected chi connectivity index (χ0v) is 11.8. The largest absolute Gasteiger partial charge is 0.494 e. The van der Waals surface area contributed by atoms with Gasteiger partial charge in [0.1, 0.15) is 5.75 Å². The molecule has 2 heteroatoms. The molecule has 0 spiro atoms. The molecule has 0 aromatic heterocycles. The summed E-state index contributed by atoms with van der Waals surface area (Å²) >= 11 is 0. The van der Waals surface area contributed by atoms with Crippen molar-refractivity contribution in [3.8, 4) is 5.75 Å². The third-order valence-electron chi connectivity index (χ3n) is 3.95. The number of ether oxygens (including phenoxy) is 1. The summed E-state index contributed by atoms with van der Waals surface area (Å²) in [4.78, 5) is 0. The summed E-state index contributed by atoms with van der Waals surface area (Å²) in [6.45, 7) is 7.33. The van der Waals surface area contributed by atoms with Crippen molar-refractivity contribution in [3.63, 3.8) is 0 Å². The van der Waals surface area contributed by atoms with E-state index in [1.807, 2.05) is 13.0 Å². The lowest BCUT2D eigenvalue weighted by atomic mass is 9.69. The zero-order chi connectivity index (χ0) is 13.2. The first-order valence-electron chi connectivity index (χ1n) is 7.05. The van der Waals surface area contributed by atoms with Gasteiger partial charge >= 0.3 is 0 Å². The average molecular weight is 247 g/mol. The summed E-state index contributed by atoms with van der Waals surface area (Å²) in [5.74, 6) is 2.34. The zero-order valence-electron chi connectivity index (χ0n) is 11.8. The Morgan fingerprint density at radius 2 is 1.94 bits per heavy atom. The van der Waals surface area contributed by atoms with Crippen LogP contribution in [-0.2, 0) is 5.54 Å². The summed E-state index contributed by atoms with van der Waals surface area (Å²) in [6.07, 6.45) is 3.45. The summed E-state index contributed by atoms with van der Waals surface area (Å²) < 4.78 is 5.58. The predicted octanol–water partition coefficient (Wildman–Crippen LogP) is 3.70. The first-order valence-corrected chi connectivity index (χ1v) is 7.05. The number of benzene rings is 1. The van der Waals surface area contributed by atoms with Gasteiger partial charge in [-0.3, -0.25) is 0 Å². The first kappa shape index (κ1) is 13.4. The Balaban J connectivity index is 2.25. The van der Waals surface area contributed by atoms with E-state index in [0.29, 0.717) is 18.4 Å². The fraction of sp³-hybridized carbons (Fsp3) is 0.625. The summed E-state index contributed by atoms with van der Waals surface area (Å²) in [5, 5.41) is 0. The summed E-state index contributed by atoms with van der Waals surface area (Å²) in [5.41, 5.74) is 7.72. The maximum Gasteiger partial charge on any atom is 0.119 e. The highest BCUT2D eigenvalue weighted by molar-refractivity contribution is 5.33. The van der Waals surface area contributed by atoms with Gasteiger partial charge in [-0.2, -0.15) is 0 Å². The maximum absolute atomic E-state index is 6.67. The molecule has 1 aromatic carbocycles. The molecular formula is C16H25NO. The van der Waals surface area contributed by atoms with Crippen molar-refractivity contribution in [2.24, 2.45) is 17.6 Å². The molecule has 1 fully saturated rings. The third kappa shape index (κ3) is 2.86. The van der Waals surface area contributed by atoms with Gasteiger partial charge in [0.2, 0.25) is 0 Å². The molecule has 0 saturated heterocycles. The minimum absolute atomic E-state index is 0.176. The van der Waals surface area contributed by atoms with Crippen molar-refractivity contribution >= 4 is 0 Å². The second-order valence-electron chi connectivity index (χ2n) is 5.97. The van der Waals surface area contributed by atoms with Crippen LogP contribution >= 0.6 is 0 Å². The Kier molecular flexibility index (Phi) is 3.96. The van der Waals surface area contributed by atoms with Crippen molar-refractivity contribution < 1.29 is 4.74 Å². The number of nitrogens with two attached hydrogens (primary N) is 1. The Bertz CT molecular complexity index is 392. The predicted molar refractivity (Wildman–Crippen MR) is 75.7 cm³/mol. The Morgan fingerprint density at radius 3 is 2.56 bits per heavy atom. The topological polar surface area (TPSA) is 35.2 Å². The Morgan fingerprint density at radius 1 is 1.28 bits per heavy atom. The molecule has 0 heterocycles. The molecule has 2 nitrogen and oxygen atoms in total. The van der Waals surface area contributed by atoms with E-state index >= 15 is 0 Å². The second kappa shape index (κ2) is 5.31. The average Bonchev–Trinajstić information content (AvgIpc) is 2.28. The van der Waals surface area contributed by atoms with E-state index in [9.17, 15) is 0 Å². The molecule has 2 rings (SSSR count). The molecule has 100 valence electrons. The highest BCUT2D eigenvalue weighted by Gasteiger charge is 2.36. The molecule has 1 saturated carbocycles. The minimum atomic E-state index is -0.176. The monoisotopic (exact) mass is 247 g/mol. The lowest BCUT2D eigenvalue weighted by Crippen LogP contribution is -2.43. The van der Waals surface area contributed by atoms with Gasteiger partial charge in [0.15, 0.2) is 0 Å². The van der Waals surface area contributed by atoms with Crippen molar-refractivity contribution in [1.29, 1.82) is 0 Å². The van der Waals surface area contributed by atoms with Gasteiger partial charge < -0.3 is 10.5 Å². The molecule has 1 aromatic rings. The van der Waals surface area contributed by atoms with Gasteiger partial charge in [-0.1, -0.05) is 26.0 Å². The van der Waals surface area contributed by atoms with Crippen LogP contribution in [0, 0.1) is 11.8 Å². The highest BCUT2D eigenvalue weighted by Crippen LogP contribution is 2.41. The van der Waals surface area contributed by atoms with Crippen LogP contribution in [-0.4, -0.2) is 6.61 Å². The van der Waals surface area contributed by atoms with Gasteiger partial charge in [-0.05, 0) is 55.7 Å². The van der Waals surface area contributed by atoms with Crippen molar-refractivity contribution in [1.82, 2.24) is 0 Å². The van der Waals surface area contributed by atoms with Crippen molar-refractivity contribution in [3.05, 3.63) is 29.8 Å². The van der Waals surface area contributed by atoms with Crippen LogP contribution in [0.4, 0.5) is 0 Å². The third-order valence-corrected chi connectivity index (χ3v) is 3.95. The molecule has 1 aliphatic rings. The standard InChI is InChI=1S/C16H25NO/c1-4-18-15-7-5-6-14(9-15)16(17)10-12(2)8-13(3)11-16/h5-7,9,12-13H,4,8,10-11,17H2,1-3H3. The Hall–Kier alpha value is -1.02. The van der Waals surface area contributed by atoms with Crippen LogP contribution in [0.25, 0.3) is 0 Å².